The van der Waals surface area contributed by atoms with Crippen molar-refractivity contribution in [3.63, 3.8) is 0 Å². The fourth-order valence-electron chi connectivity index (χ4n) is 2.20. The van der Waals surface area contributed by atoms with Crippen LogP contribution in [0.15, 0.2) is 48.7 Å². The normalized spacial score (nSPS) is 10.9. The maximum atomic E-state index is 9.44. The molecule has 1 heterocycles. The molecule has 0 spiro atoms. The first kappa shape index (κ1) is 10.7. The Labute approximate surface area is 105 Å². The minimum absolute atomic E-state index is 0.125. The Bertz CT molecular complexity index is 728. The summed E-state index contributed by atoms with van der Waals surface area (Å²) in [6, 6.07) is 13.7. The zero-order valence-corrected chi connectivity index (χ0v) is 10.1. The minimum atomic E-state index is 0.125. The first-order chi connectivity index (χ1) is 8.65. The second-order valence-electron chi connectivity index (χ2n) is 4.47. The van der Waals surface area contributed by atoms with Gasteiger partial charge in [0.2, 0.25) is 0 Å². The Morgan fingerprint density at radius 1 is 1.00 bits per heavy atom. The van der Waals surface area contributed by atoms with E-state index in [4.69, 9.17) is 5.73 Å². The molecule has 18 heavy (non-hydrogen) atoms. The van der Waals surface area contributed by atoms with Crippen molar-refractivity contribution >= 4 is 16.6 Å². The van der Waals surface area contributed by atoms with Crippen LogP contribution >= 0.6 is 0 Å². The Hall–Kier alpha value is -2.42. The van der Waals surface area contributed by atoms with E-state index in [0.29, 0.717) is 5.69 Å². The second-order valence-corrected chi connectivity index (χ2v) is 4.47. The van der Waals surface area contributed by atoms with Crippen LogP contribution in [-0.4, -0.2) is 9.67 Å². The summed E-state index contributed by atoms with van der Waals surface area (Å²) in [6.45, 7) is 0. The molecule has 0 radical (unpaired) electrons. The number of fused-ring (bicyclic) bond motifs is 1. The van der Waals surface area contributed by atoms with E-state index in [9.17, 15) is 5.11 Å². The smallest absolute Gasteiger partial charge is 0.138 e. The summed E-state index contributed by atoms with van der Waals surface area (Å²) in [5, 5.41) is 10.6. The van der Waals surface area contributed by atoms with Crippen molar-refractivity contribution in [2.75, 3.05) is 5.73 Å². The third-order valence-corrected chi connectivity index (χ3v) is 3.25. The van der Waals surface area contributed by atoms with Crippen LogP contribution in [-0.2, 0) is 7.05 Å². The van der Waals surface area contributed by atoms with Gasteiger partial charge in [-0.05, 0) is 41.5 Å². The fourth-order valence-corrected chi connectivity index (χ4v) is 2.20. The summed E-state index contributed by atoms with van der Waals surface area (Å²) in [5.74, 6) is 0.125. The largest absolute Gasteiger partial charge is 0.506 e. The van der Waals surface area contributed by atoms with Gasteiger partial charge >= 0.3 is 0 Å². The first-order valence-electron chi connectivity index (χ1n) is 5.79. The lowest BCUT2D eigenvalue weighted by Crippen LogP contribution is -1.87. The van der Waals surface area contributed by atoms with Crippen LogP contribution < -0.4 is 5.73 Å². The number of nitrogen functional groups attached to an aromatic ring is 1. The lowest BCUT2D eigenvalue weighted by Gasteiger charge is -2.05. The van der Waals surface area contributed by atoms with Crippen molar-refractivity contribution in [1.82, 2.24) is 4.57 Å². The molecule has 0 amide bonds. The molecule has 3 heteroatoms. The molecule has 3 nitrogen and oxygen atoms in total. The number of phenolic OH excluding ortho intramolecular Hbond substituents is 1. The number of phenols is 1. The highest BCUT2D eigenvalue weighted by Crippen LogP contribution is 2.29. The SMILES string of the molecule is Cn1ccc2cc(-c3ccc(O)c(N)c3)ccc21. The standard InChI is InChI=1S/C15H14N2O/c1-17-7-6-12-8-10(2-4-14(12)17)11-3-5-15(18)13(16)9-11/h2-9,18H,16H2,1H3. The fraction of sp³-hybridized carbons (Fsp3) is 0.0667. The quantitative estimate of drug-likeness (QED) is 0.505. The average molecular weight is 238 g/mol. The highest BCUT2D eigenvalue weighted by molar-refractivity contribution is 5.86. The van der Waals surface area contributed by atoms with E-state index in [0.717, 1.165) is 11.1 Å². The van der Waals surface area contributed by atoms with E-state index in [1.54, 1.807) is 12.1 Å². The van der Waals surface area contributed by atoms with Crippen molar-refractivity contribution in [1.29, 1.82) is 0 Å². The molecular weight excluding hydrogens is 224 g/mol. The van der Waals surface area contributed by atoms with Gasteiger partial charge in [0.05, 0.1) is 5.69 Å². The molecule has 0 unspecified atom stereocenters. The highest BCUT2D eigenvalue weighted by Gasteiger charge is 2.04. The van der Waals surface area contributed by atoms with Crippen molar-refractivity contribution < 1.29 is 5.11 Å². The van der Waals surface area contributed by atoms with E-state index >= 15 is 0 Å². The number of rotatable bonds is 1. The molecule has 0 aliphatic rings. The van der Waals surface area contributed by atoms with Crippen molar-refractivity contribution in [2.24, 2.45) is 7.05 Å². The summed E-state index contributed by atoms with van der Waals surface area (Å²) < 4.78 is 2.09. The highest BCUT2D eigenvalue weighted by atomic mass is 16.3. The first-order valence-corrected chi connectivity index (χ1v) is 5.79. The summed E-state index contributed by atoms with van der Waals surface area (Å²) >= 11 is 0. The molecule has 3 aromatic rings. The van der Waals surface area contributed by atoms with Crippen molar-refractivity contribution in [3.8, 4) is 16.9 Å². The van der Waals surface area contributed by atoms with Gasteiger partial charge in [0.15, 0.2) is 0 Å². The topological polar surface area (TPSA) is 51.2 Å². The van der Waals surface area contributed by atoms with Crippen LogP contribution in [0.3, 0.4) is 0 Å². The molecule has 0 aliphatic carbocycles. The van der Waals surface area contributed by atoms with Crippen LogP contribution in [0.1, 0.15) is 0 Å². The maximum absolute atomic E-state index is 9.44. The van der Waals surface area contributed by atoms with E-state index in [-0.39, 0.29) is 5.75 Å². The van der Waals surface area contributed by atoms with Gasteiger partial charge in [0.25, 0.3) is 0 Å². The summed E-state index contributed by atoms with van der Waals surface area (Å²) in [6.07, 6.45) is 2.04. The van der Waals surface area contributed by atoms with E-state index in [1.165, 1.54) is 10.9 Å². The Kier molecular flexibility index (Phi) is 2.27. The summed E-state index contributed by atoms with van der Waals surface area (Å²) in [5.41, 5.74) is 9.43. The van der Waals surface area contributed by atoms with Gasteiger partial charge in [-0.3, -0.25) is 0 Å². The molecule has 2 aromatic carbocycles. The van der Waals surface area contributed by atoms with Crippen LogP contribution in [0, 0.1) is 0 Å². The number of aromatic nitrogens is 1. The summed E-state index contributed by atoms with van der Waals surface area (Å²) in [7, 11) is 2.03. The molecule has 0 aliphatic heterocycles. The van der Waals surface area contributed by atoms with Gasteiger partial charge < -0.3 is 15.4 Å². The van der Waals surface area contributed by atoms with Gasteiger partial charge in [-0.1, -0.05) is 12.1 Å². The number of aromatic hydroxyl groups is 1. The van der Waals surface area contributed by atoms with Gasteiger partial charge in [0, 0.05) is 24.1 Å². The second kappa shape index (κ2) is 3.81. The van der Waals surface area contributed by atoms with Gasteiger partial charge in [0.1, 0.15) is 5.75 Å². The molecule has 1 aromatic heterocycles. The molecule has 0 fully saturated rings. The molecular formula is C15H14N2O. The number of hydrogen-bond acceptors (Lipinski definition) is 2. The van der Waals surface area contributed by atoms with E-state index in [1.807, 2.05) is 19.3 Å². The third-order valence-electron chi connectivity index (χ3n) is 3.25. The van der Waals surface area contributed by atoms with Gasteiger partial charge in [-0.2, -0.15) is 0 Å². The Balaban J connectivity index is 2.16. The van der Waals surface area contributed by atoms with Crippen LogP contribution in [0.5, 0.6) is 5.75 Å². The van der Waals surface area contributed by atoms with E-state index < -0.39 is 0 Å². The lowest BCUT2D eigenvalue weighted by atomic mass is 10.0. The zero-order chi connectivity index (χ0) is 12.7. The van der Waals surface area contributed by atoms with Crippen LogP contribution in [0.4, 0.5) is 5.69 Å². The third kappa shape index (κ3) is 1.61. The molecule has 0 bridgehead atoms. The minimum Gasteiger partial charge on any atom is -0.506 e. The Morgan fingerprint density at radius 2 is 1.72 bits per heavy atom. The van der Waals surface area contributed by atoms with Gasteiger partial charge in [-0.25, -0.2) is 0 Å². The molecule has 3 rings (SSSR count). The number of hydrogen-bond donors (Lipinski definition) is 2. The lowest BCUT2D eigenvalue weighted by molar-refractivity contribution is 0.478. The Morgan fingerprint density at radius 3 is 2.50 bits per heavy atom. The maximum Gasteiger partial charge on any atom is 0.138 e. The molecule has 0 atom stereocenters. The predicted octanol–water partition coefficient (Wildman–Crippen LogP) is 3.13. The van der Waals surface area contributed by atoms with Gasteiger partial charge in [-0.15, -0.1) is 0 Å². The summed E-state index contributed by atoms with van der Waals surface area (Å²) in [4.78, 5) is 0. The molecule has 90 valence electrons. The number of nitrogens with zero attached hydrogens (tertiary/aromatic N) is 1. The van der Waals surface area contributed by atoms with Crippen LogP contribution in [0.25, 0.3) is 22.0 Å². The number of anilines is 1. The number of aryl methyl sites for hydroxylation is 1. The number of benzene rings is 2. The molecule has 0 saturated heterocycles. The monoisotopic (exact) mass is 238 g/mol. The molecule has 0 saturated carbocycles. The van der Waals surface area contributed by atoms with Crippen molar-refractivity contribution in [2.45, 2.75) is 0 Å². The zero-order valence-electron chi connectivity index (χ0n) is 10.1. The molecule has 3 N–H and O–H groups in total. The van der Waals surface area contributed by atoms with Crippen LogP contribution in [0.2, 0.25) is 0 Å². The van der Waals surface area contributed by atoms with Crippen molar-refractivity contribution in [3.05, 3.63) is 48.7 Å². The predicted molar refractivity (Wildman–Crippen MR) is 74.4 cm³/mol. The number of nitrogens with two attached hydrogens (primary N) is 1. The van der Waals surface area contributed by atoms with E-state index in [2.05, 4.69) is 28.8 Å². The average Bonchev–Trinajstić information content (AvgIpc) is 2.74.